The van der Waals surface area contributed by atoms with Crippen LogP contribution in [0.4, 0.5) is 29.2 Å². The lowest BCUT2D eigenvalue weighted by molar-refractivity contribution is 0.615. The van der Waals surface area contributed by atoms with E-state index in [0.29, 0.717) is 79.5 Å². The molecule has 0 fully saturated rings. The average Bonchev–Trinajstić information content (AvgIpc) is 4.18. The number of rotatable bonds is 6. The molecule has 68 heavy (non-hydrogen) atoms. The summed E-state index contributed by atoms with van der Waals surface area (Å²) in [5, 5.41) is 13.9. The van der Waals surface area contributed by atoms with Crippen LogP contribution >= 0.6 is 0 Å². The third-order valence-corrected chi connectivity index (χ3v) is 11.4. The van der Waals surface area contributed by atoms with Crippen molar-refractivity contribution in [3.05, 3.63) is 157 Å². The molecule has 0 bridgehead atoms. The predicted octanol–water partition coefficient (Wildman–Crippen LogP) is 9.18. The van der Waals surface area contributed by atoms with Gasteiger partial charge in [0.1, 0.15) is 81.3 Å². The molecule has 4 aromatic carbocycles. The second-order valence-corrected chi connectivity index (χ2v) is 15.5. The number of pyridine rings is 4. The van der Waals surface area contributed by atoms with Crippen molar-refractivity contribution >= 4 is 55.5 Å². The van der Waals surface area contributed by atoms with Gasteiger partial charge in [-0.25, -0.2) is 47.5 Å². The number of nitrogen functional groups attached to an aromatic ring is 2. The van der Waals surface area contributed by atoms with E-state index in [0.717, 1.165) is 46.5 Å². The van der Waals surface area contributed by atoms with Crippen LogP contribution in [0, 0.1) is 37.1 Å². The van der Waals surface area contributed by atoms with Gasteiger partial charge in [0.15, 0.2) is 11.6 Å². The molecular weight excluding hydrogens is 877 g/mol. The number of H-pyrrole nitrogens is 2. The second kappa shape index (κ2) is 16.2. The van der Waals surface area contributed by atoms with E-state index in [-0.39, 0.29) is 21.8 Å². The van der Waals surface area contributed by atoms with E-state index in [1.54, 1.807) is 59.6 Å². The van der Waals surface area contributed by atoms with Gasteiger partial charge in [0, 0.05) is 35.9 Å². The Labute approximate surface area is 380 Å². The Hall–Kier alpha value is -9.46. The van der Waals surface area contributed by atoms with Crippen molar-refractivity contribution in [1.29, 1.82) is 0 Å². The van der Waals surface area contributed by atoms with Gasteiger partial charge in [-0.05, 0) is 121 Å². The van der Waals surface area contributed by atoms with Crippen molar-refractivity contribution in [2.75, 3.05) is 11.5 Å². The molecule has 0 atom stereocenters. The predicted molar refractivity (Wildman–Crippen MR) is 248 cm³/mol. The largest absolute Gasteiger partial charge is 0.384 e. The minimum absolute atomic E-state index is 0.0488. The Morgan fingerprint density at radius 2 is 0.853 bits per heavy atom. The summed E-state index contributed by atoms with van der Waals surface area (Å²) in [6.45, 7) is 3.61. The summed E-state index contributed by atoms with van der Waals surface area (Å²) in [6, 6.07) is 22.5. The number of aromatic nitrogens is 14. The van der Waals surface area contributed by atoms with Gasteiger partial charge in [0.25, 0.3) is 0 Å². The van der Waals surface area contributed by atoms with Crippen LogP contribution in [-0.4, -0.2) is 69.4 Å². The number of halogens is 4. The quantitative estimate of drug-likeness (QED) is 0.115. The van der Waals surface area contributed by atoms with Crippen molar-refractivity contribution in [2.45, 2.75) is 13.8 Å². The molecule has 0 unspecified atom stereocenters. The smallest absolute Gasteiger partial charge is 0.157 e. The fraction of sp³-hybridized carbons (Fsp3) is 0.0417. The number of imidazole rings is 2. The number of anilines is 2. The fourth-order valence-corrected chi connectivity index (χ4v) is 8.54. The Balaban J connectivity index is 0.000000149. The molecule has 12 rings (SSSR count). The van der Waals surface area contributed by atoms with E-state index >= 15 is 0 Å². The molecular formula is C48H32F4N16. The summed E-state index contributed by atoms with van der Waals surface area (Å²) in [6.07, 6.45) is 8.99. The zero-order valence-electron chi connectivity index (χ0n) is 35.6. The van der Waals surface area contributed by atoms with E-state index in [1.807, 2.05) is 36.4 Å². The standard InChI is InChI=1S/2C24H16F2N8/c2*1-12-32-22-15(24-30-11-31-33-24)8-14(13-4-6-28-20(27)10-13)9-19(22)34(12)18-5-7-29-23-17(26)3-2-16(25)21(18)23/h2*2-11H,1H3,(H2,27,28)(H,30,31,33). The maximum Gasteiger partial charge on any atom is 0.157 e. The maximum absolute atomic E-state index is 15.0. The Kier molecular flexibility index (Phi) is 9.83. The number of fused-ring (bicyclic) bond motifs is 4. The zero-order valence-corrected chi connectivity index (χ0v) is 35.6. The van der Waals surface area contributed by atoms with Crippen LogP contribution in [0.1, 0.15) is 11.6 Å². The average molecular weight is 909 g/mol. The molecule has 12 aromatic rings. The number of nitrogens with one attached hydrogen (secondary N) is 2. The lowest BCUT2D eigenvalue weighted by Crippen LogP contribution is -2.01. The second-order valence-electron chi connectivity index (χ2n) is 15.5. The van der Waals surface area contributed by atoms with Crippen LogP contribution in [0.5, 0.6) is 0 Å². The summed E-state index contributed by atoms with van der Waals surface area (Å²) in [4.78, 5) is 34.4. The number of aryl methyl sites for hydroxylation is 2. The van der Waals surface area contributed by atoms with Crippen molar-refractivity contribution in [1.82, 2.24) is 69.4 Å². The molecule has 20 heteroatoms. The van der Waals surface area contributed by atoms with Gasteiger partial charge < -0.3 is 11.5 Å². The molecule has 0 saturated carbocycles. The van der Waals surface area contributed by atoms with Gasteiger partial charge >= 0.3 is 0 Å². The minimum Gasteiger partial charge on any atom is -0.384 e. The zero-order chi connectivity index (χ0) is 46.8. The molecule has 0 spiro atoms. The first kappa shape index (κ1) is 41.3. The van der Waals surface area contributed by atoms with E-state index in [1.165, 1.54) is 25.0 Å². The topological polar surface area (TPSA) is 222 Å². The van der Waals surface area contributed by atoms with Gasteiger partial charge in [-0.1, -0.05) is 0 Å². The number of hydrogen-bond donors (Lipinski definition) is 4. The van der Waals surface area contributed by atoms with E-state index in [2.05, 4.69) is 50.3 Å². The normalized spacial score (nSPS) is 11.5. The molecule has 0 saturated heterocycles. The molecule has 8 aromatic heterocycles. The Morgan fingerprint density at radius 1 is 0.441 bits per heavy atom. The fourth-order valence-electron chi connectivity index (χ4n) is 8.54. The third kappa shape index (κ3) is 6.94. The lowest BCUT2D eigenvalue weighted by Gasteiger charge is -2.13. The van der Waals surface area contributed by atoms with Gasteiger partial charge in [0.05, 0.1) is 33.2 Å². The maximum atomic E-state index is 15.0. The van der Waals surface area contributed by atoms with E-state index in [9.17, 15) is 17.6 Å². The molecule has 6 N–H and O–H groups in total. The summed E-state index contributed by atoms with van der Waals surface area (Å²) >= 11 is 0. The van der Waals surface area contributed by atoms with Gasteiger partial charge in [-0.15, -0.1) is 0 Å². The summed E-state index contributed by atoms with van der Waals surface area (Å²) in [5.41, 5.74) is 19.9. The monoisotopic (exact) mass is 908 g/mol. The first-order valence-corrected chi connectivity index (χ1v) is 20.7. The number of nitrogens with two attached hydrogens (primary N) is 2. The molecule has 0 aliphatic carbocycles. The molecule has 0 amide bonds. The first-order valence-electron chi connectivity index (χ1n) is 20.7. The van der Waals surface area contributed by atoms with E-state index < -0.39 is 23.3 Å². The molecule has 16 nitrogen and oxygen atoms in total. The van der Waals surface area contributed by atoms with Crippen LogP contribution in [0.25, 0.3) is 100 Å². The van der Waals surface area contributed by atoms with Crippen LogP contribution < -0.4 is 11.5 Å². The molecule has 332 valence electrons. The highest BCUT2D eigenvalue weighted by atomic mass is 19.1. The van der Waals surface area contributed by atoms with Crippen molar-refractivity contribution in [3.8, 4) is 56.4 Å². The highest BCUT2D eigenvalue weighted by molar-refractivity contribution is 6.00. The molecule has 0 aliphatic heterocycles. The van der Waals surface area contributed by atoms with Crippen LogP contribution in [0.2, 0.25) is 0 Å². The number of aromatic amines is 2. The molecule has 0 radical (unpaired) electrons. The Morgan fingerprint density at radius 3 is 1.25 bits per heavy atom. The summed E-state index contributed by atoms with van der Waals surface area (Å²) < 4.78 is 62.5. The van der Waals surface area contributed by atoms with Crippen molar-refractivity contribution in [3.63, 3.8) is 0 Å². The minimum atomic E-state index is -0.601. The summed E-state index contributed by atoms with van der Waals surface area (Å²) in [7, 11) is 0. The van der Waals surface area contributed by atoms with E-state index in [4.69, 9.17) is 21.4 Å². The van der Waals surface area contributed by atoms with Crippen LogP contribution in [0.3, 0.4) is 0 Å². The highest BCUT2D eigenvalue weighted by Gasteiger charge is 2.23. The lowest BCUT2D eigenvalue weighted by atomic mass is 10.0. The molecule has 8 heterocycles. The first-order chi connectivity index (χ1) is 33.0. The van der Waals surface area contributed by atoms with Crippen LogP contribution in [0.15, 0.2) is 122 Å². The highest BCUT2D eigenvalue weighted by Crippen LogP contribution is 2.38. The van der Waals surface area contributed by atoms with Gasteiger partial charge in [0.2, 0.25) is 0 Å². The Bertz CT molecular complexity index is 3670. The SMILES string of the molecule is Cc1nc2c(-c3ncn[nH]3)cc(-c3ccnc(N)c3)cc2n1-c1ccnc2c(F)ccc(F)c12.Cc1nc2c(-c3ncn[nH]3)cc(-c3ccnc(N)c3)cc2n1-c1ccnc2c(F)ccc(F)c12. The van der Waals surface area contributed by atoms with Gasteiger partial charge in [-0.3, -0.25) is 29.3 Å². The number of hydrogen-bond acceptors (Lipinski definition) is 12. The number of nitrogens with zero attached hydrogens (tertiary/aromatic N) is 12. The summed E-state index contributed by atoms with van der Waals surface area (Å²) in [5.74, 6) is 0.611. The van der Waals surface area contributed by atoms with Crippen LogP contribution in [-0.2, 0) is 0 Å². The van der Waals surface area contributed by atoms with Crippen molar-refractivity contribution < 1.29 is 17.6 Å². The molecule has 0 aliphatic rings. The van der Waals surface area contributed by atoms with Crippen molar-refractivity contribution in [2.24, 2.45) is 0 Å². The third-order valence-electron chi connectivity index (χ3n) is 11.4. The van der Waals surface area contributed by atoms with Gasteiger partial charge in [-0.2, -0.15) is 10.2 Å². The number of benzene rings is 4.